The number of nitriles is 1. The van der Waals surface area contributed by atoms with Crippen LogP contribution in [-0.4, -0.2) is 16.3 Å². The standard InChI is InChI=1S/C23H14FN3O2/c24-18-3-1-2-4-20(18)27-13-19(16-7-5-15(12-25)6-8-16)26-23(27)17-9-10-21-22(11-17)29-14-28-21/h1-11,13H,14H2. The van der Waals surface area contributed by atoms with Gasteiger partial charge in [-0.2, -0.15) is 5.26 Å². The van der Waals surface area contributed by atoms with Gasteiger partial charge in [0.15, 0.2) is 11.5 Å². The number of fused-ring (bicyclic) bond motifs is 1. The molecule has 3 aromatic carbocycles. The number of aromatic nitrogens is 2. The van der Waals surface area contributed by atoms with Gasteiger partial charge in [0.2, 0.25) is 6.79 Å². The third kappa shape index (κ3) is 2.99. The Balaban J connectivity index is 1.69. The average molecular weight is 383 g/mol. The van der Waals surface area contributed by atoms with Crippen LogP contribution in [0, 0.1) is 17.1 Å². The van der Waals surface area contributed by atoms with E-state index >= 15 is 0 Å². The first kappa shape index (κ1) is 17.0. The van der Waals surface area contributed by atoms with Gasteiger partial charge in [-0.1, -0.05) is 24.3 Å². The van der Waals surface area contributed by atoms with Crippen LogP contribution in [0.1, 0.15) is 5.56 Å². The summed E-state index contributed by atoms with van der Waals surface area (Å²) in [5.74, 6) is 1.53. The van der Waals surface area contributed by atoms with E-state index in [2.05, 4.69) is 6.07 Å². The molecule has 0 amide bonds. The van der Waals surface area contributed by atoms with Crippen LogP contribution in [0.4, 0.5) is 4.39 Å². The lowest BCUT2D eigenvalue weighted by Crippen LogP contribution is -1.99. The number of para-hydroxylation sites is 1. The molecule has 0 atom stereocenters. The molecule has 0 unspecified atom stereocenters. The summed E-state index contributed by atoms with van der Waals surface area (Å²) in [4.78, 5) is 4.77. The number of rotatable bonds is 3. The molecule has 0 aliphatic carbocycles. The molecule has 2 heterocycles. The molecule has 1 aliphatic rings. The van der Waals surface area contributed by atoms with Crippen molar-refractivity contribution in [3.63, 3.8) is 0 Å². The summed E-state index contributed by atoms with van der Waals surface area (Å²) < 4.78 is 27.2. The summed E-state index contributed by atoms with van der Waals surface area (Å²) in [6.07, 6.45) is 1.79. The van der Waals surface area contributed by atoms with E-state index in [0.717, 1.165) is 11.1 Å². The van der Waals surface area contributed by atoms with Gasteiger partial charge < -0.3 is 9.47 Å². The van der Waals surface area contributed by atoms with E-state index in [0.29, 0.717) is 34.3 Å². The molecule has 140 valence electrons. The molecule has 4 aromatic rings. The molecular weight excluding hydrogens is 369 g/mol. The van der Waals surface area contributed by atoms with E-state index in [4.69, 9.17) is 19.7 Å². The third-order valence-electron chi connectivity index (χ3n) is 4.76. The summed E-state index contributed by atoms with van der Waals surface area (Å²) in [5.41, 5.74) is 3.25. The molecule has 1 aromatic heterocycles. The van der Waals surface area contributed by atoms with Crippen molar-refractivity contribution in [1.82, 2.24) is 9.55 Å². The highest BCUT2D eigenvalue weighted by Gasteiger charge is 2.19. The highest BCUT2D eigenvalue weighted by Crippen LogP contribution is 2.37. The van der Waals surface area contributed by atoms with E-state index in [-0.39, 0.29) is 12.6 Å². The summed E-state index contributed by atoms with van der Waals surface area (Å²) in [6.45, 7) is 0.178. The Bertz CT molecular complexity index is 1260. The zero-order valence-corrected chi connectivity index (χ0v) is 15.2. The zero-order chi connectivity index (χ0) is 19.8. The Hall–Kier alpha value is -4.11. The number of ether oxygens (including phenoxy) is 2. The molecular formula is C23H14FN3O2. The predicted octanol–water partition coefficient (Wildman–Crippen LogP) is 4.95. The quantitative estimate of drug-likeness (QED) is 0.502. The first-order valence-corrected chi connectivity index (χ1v) is 8.98. The summed E-state index contributed by atoms with van der Waals surface area (Å²) in [7, 11) is 0. The predicted molar refractivity (Wildman–Crippen MR) is 105 cm³/mol. The highest BCUT2D eigenvalue weighted by molar-refractivity contribution is 5.70. The second-order valence-electron chi connectivity index (χ2n) is 6.53. The minimum atomic E-state index is -0.349. The van der Waals surface area contributed by atoms with E-state index in [9.17, 15) is 4.39 Å². The van der Waals surface area contributed by atoms with Gasteiger partial charge in [-0.3, -0.25) is 4.57 Å². The Labute approximate surface area is 166 Å². The molecule has 0 spiro atoms. The Morgan fingerprint density at radius 1 is 0.931 bits per heavy atom. The Kier molecular flexibility index (Phi) is 3.99. The largest absolute Gasteiger partial charge is 0.454 e. The van der Waals surface area contributed by atoms with Gasteiger partial charge in [0.05, 0.1) is 23.0 Å². The van der Waals surface area contributed by atoms with Gasteiger partial charge >= 0.3 is 0 Å². The first-order valence-electron chi connectivity index (χ1n) is 8.98. The van der Waals surface area contributed by atoms with Crippen molar-refractivity contribution in [2.75, 3.05) is 6.79 Å². The van der Waals surface area contributed by atoms with Gasteiger partial charge in [0.1, 0.15) is 11.6 Å². The van der Waals surface area contributed by atoms with Crippen molar-refractivity contribution in [3.05, 3.63) is 84.3 Å². The van der Waals surface area contributed by atoms with Crippen molar-refractivity contribution >= 4 is 0 Å². The SMILES string of the molecule is N#Cc1ccc(-c2cn(-c3ccccc3F)c(-c3ccc4c(c3)OCO4)n2)cc1. The minimum absolute atomic E-state index is 0.178. The molecule has 0 radical (unpaired) electrons. The van der Waals surface area contributed by atoms with Gasteiger partial charge in [-0.05, 0) is 42.5 Å². The van der Waals surface area contributed by atoms with Gasteiger partial charge in [-0.15, -0.1) is 0 Å². The van der Waals surface area contributed by atoms with Crippen molar-refractivity contribution in [2.45, 2.75) is 0 Å². The smallest absolute Gasteiger partial charge is 0.231 e. The maximum atomic E-state index is 14.6. The van der Waals surface area contributed by atoms with Crippen LogP contribution in [0.3, 0.4) is 0 Å². The monoisotopic (exact) mass is 383 g/mol. The first-order chi connectivity index (χ1) is 14.2. The van der Waals surface area contributed by atoms with Gasteiger partial charge in [0, 0.05) is 17.3 Å². The molecule has 5 nitrogen and oxygen atoms in total. The van der Waals surface area contributed by atoms with Gasteiger partial charge in [-0.25, -0.2) is 9.37 Å². The maximum Gasteiger partial charge on any atom is 0.231 e. The van der Waals surface area contributed by atoms with Crippen LogP contribution < -0.4 is 9.47 Å². The number of imidazole rings is 1. The van der Waals surface area contributed by atoms with Gasteiger partial charge in [0.25, 0.3) is 0 Å². The summed E-state index contributed by atoms with van der Waals surface area (Å²) >= 11 is 0. The maximum absolute atomic E-state index is 14.6. The number of hydrogen-bond acceptors (Lipinski definition) is 4. The lowest BCUT2D eigenvalue weighted by Gasteiger charge is -2.09. The third-order valence-corrected chi connectivity index (χ3v) is 4.76. The topological polar surface area (TPSA) is 60.1 Å². The molecule has 0 fully saturated rings. The fraction of sp³-hybridized carbons (Fsp3) is 0.0435. The molecule has 0 saturated carbocycles. The fourth-order valence-electron chi connectivity index (χ4n) is 3.30. The van der Waals surface area contributed by atoms with Crippen molar-refractivity contribution in [1.29, 1.82) is 5.26 Å². The second kappa shape index (κ2) is 6.80. The van der Waals surface area contributed by atoms with Crippen LogP contribution >= 0.6 is 0 Å². The second-order valence-corrected chi connectivity index (χ2v) is 6.53. The van der Waals surface area contributed by atoms with Crippen molar-refractivity contribution < 1.29 is 13.9 Å². The average Bonchev–Trinajstić information content (AvgIpc) is 3.41. The molecule has 0 bridgehead atoms. The molecule has 0 N–H and O–H groups in total. The van der Waals surface area contributed by atoms with E-state index in [1.54, 1.807) is 41.1 Å². The van der Waals surface area contributed by atoms with Crippen LogP contribution in [-0.2, 0) is 0 Å². The van der Waals surface area contributed by atoms with E-state index in [1.807, 2.05) is 30.3 Å². The minimum Gasteiger partial charge on any atom is -0.454 e. The van der Waals surface area contributed by atoms with Crippen LogP contribution in [0.2, 0.25) is 0 Å². The van der Waals surface area contributed by atoms with Crippen LogP contribution in [0.25, 0.3) is 28.3 Å². The van der Waals surface area contributed by atoms with E-state index in [1.165, 1.54) is 6.07 Å². The zero-order valence-electron chi connectivity index (χ0n) is 15.2. The number of halogens is 1. The van der Waals surface area contributed by atoms with Crippen LogP contribution in [0.15, 0.2) is 72.9 Å². The lowest BCUT2D eigenvalue weighted by molar-refractivity contribution is 0.174. The lowest BCUT2D eigenvalue weighted by atomic mass is 10.1. The highest BCUT2D eigenvalue weighted by atomic mass is 19.1. The summed E-state index contributed by atoms with van der Waals surface area (Å²) in [6, 6.07) is 21.3. The Morgan fingerprint density at radius 3 is 2.48 bits per heavy atom. The number of nitrogens with zero attached hydrogens (tertiary/aromatic N) is 3. The normalized spacial score (nSPS) is 12.0. The van der Waals surface area contributed by atoms with Crippen molar-refractivity contribution in [3.8, 4) is 45.9 Å². The Morgan fingerprint density at radius 2 is 1.69 bits per heavy atom. The molecule has 1 aliphatic heterocycles. The van der Waals surface area contributed by atoms with Crippen LogP contribution in [0.5, 0.6) is 11.5 Å². The molecule has 6 heteroatoms. The molecule has 5 rings (SSSR count). The van der Waals surface area contributed by atoms with E-state index < -0.39 is 0 Å². The van der Waals surface area contributed by atoms with Crippen molar-refractivity contribution in [2.24, 2.45) is 0 Å². The molecule has 29 heavy (non-hydrogen) atoms. The molecule has 0 saturated heterocycles. The fourth-order valence-corrected chi connectivity index (χ4v) is 3.30. The number of hydrogen-bond donors (Lipinski definition) is 0. The number of benzene rings is 3. The summed E-state index contributed by atoms with van der Waals surface area (Å²) in [5, 5.41) is 9.02.